The Labute approximate surface area is 128 Å². The Kier molecular flexibility index (Phi) is 4.58. The quantitative estimate of drug-likeness (QED) is 0.937. The van der Waals surface area contributed by atoms with Gasteiger partial charge in [-0.2, -0.15) is 5.26 Å². The van der Waals surface area contributed by atoms with E-state index in [1.807, 2.05) is 13.0 Å². The maximum atomic E-state index is 12.2. The van der Waals surface area contributed by atoms with Gasteiger partial charge in [0.15, 0.2) is 0 Å². The lowest BCUT2D eigenvalue weighted by atomic mass is 10.2. The molecule has 0 saturated carbocycles. The van der Waals surface area contributed by atoms with Crippen LogP contribution >= 0.6 is 11.6 Å². The zero-order valence-corrected chi connectivity index (χ0v) is 12.7. The van der Waals surface area contributed by atoms with Gasteiger partial charge in [0, 0.05) is 18.4 Å². The molecule has 0 unspecified atom stereocenters. The Morgan fingerprint density at radius 2 is 2.10 bits per heavy atom. The minimum absolute atomic E-state index is 0.0172. The largest absolute Gasteiger partial charge is 0.261 e. The SMILES string of the molecule is Cc1ccc(CNS(=O)(=O)c2ccc(C#N)cc2Cl)cn1. The van der Waals surface area contributed by atoms with E-state index in [4.69, 9.17) is 16.9 Å². The molecule has 0 saturated heterocycles. The molecule has 0 aliphatic carbocycles. The van der Waals surface area contributed by atoms with Crippen molar-refractivity contribution in [3.8, 4) is 6.07 Å². The van der Waals surface area contributed by atoms with E-state index in [0.717, 1.165) is 11.3 Å². The lowest BCUT2D eigenvalue weighted by Gasteiger charge is -2.08. The van der Waals surface area contributed by atoms with Gasteiger partial charge in [-0.15, -0.1) is 0 Å². The third-order valence-corrected chi connectivity index (χ3v) is 4.67. The topological polar surface area (TPSA) is 82.9 Å². The van der Waals surface area contributed by atoms with Crippen molar-refractivity contribution < 1.29 is 8.42 Å². The minimum atomic E-state index is -3.74. The van der Waals surface area contributed by atoms with Crippen molar-refractivity contribution in [3.05, 3.63) is 58.4 Å². The van der Waals surface area contributed by atoms with Crippen LogP contribution in [0.25, 0.3) is 0 Å². The van der Waals surface area contributed by atoms with Crippen LogP contribution in [0.4, 0.5) is 0 Å². The van der Waals surface area contributed by atoms with Crippen LogP contribution in [0.15, 0.2) is 41.4 Å². The number of hydrogen-bond acceptors (Lipinski definition) is 4. The molecule has 0 spiro atoms. The van der Waals surface area contributed by atoms with Crippen LogP contribution in [0.3, 0.4) is 0 Å². The molecule has 1 aromatic carbocycles. The highest BCUT2D eigenvalue weighted by molar-refractivity contribution is 7.89. The minimum Gasteiger partial charge on any atom is -0.261 e. The summed E-state index contributed by atoms with van der Waals surface area (Å²) in [6, 6.07) is 9.55. The lowest BCUT2D eigenvalue weighted by Crippen LogP contribution is -2.23. The molecule has 1 aromatic heterocycles. The van der Waals surface area contributed by atoms with Gasteiger partial charge >= 0.3 is 0 Å². The second-order valence-corrected chi connectivity index (χ2v) is 6.53. The number of rotatable bonds is 4. The monoisotopic (exact) mass is 321 g/mol. The summed E-state index contributed by atoms with van der Waals surface area (Å²) in [5.74, 6) is 0. The van der Waals surface area contributed by atoms with Crippen LogP contribution in [0.5, 0.6) is 0 Å². The highest BCUT2D eigenvalue weighted by Crippen LogP contribution is 2.22. The third-order valence-electron chi connectivity index (χ3n) is 2.79. The van der Waals surface area contributed by atoms with Crippen LogP contribution < -0.4 is 4.72 Å². The van der Waals surface area contributed by atoms with E-state index in [0.29, 0.717) is 5.56 Å². The highest BCUT2D eigenvalue weighted by atomic mass is 35.5. The first-order chi connectivity index (χ1) is 9.92. The highest BCUT2D eigenvalue weighted by Gasteiger charge is 2.17. The standard InChI is InChI=1S/C14H12ClN3O2S/c1-10-2-3-12(8-17-10)9-18-21(19,20)14-5-4-11(7-16)6-13(14)15/h2-6,8,18H,9H2,1H3. The molecule has 2 rings (SSSR count). The van der Waals surface area contributed by atoms with Gasteiger partial charge in [-0.3, -0.25) is 4.98 Å². The van der Waals surface area contributed by atoms with Crippen molar-refractivity contribution in [2.45, 2.75) is 18.4 Å². The molecule has 0 radical (unpaired) electrons. The van der Waals surface area contributed by atoms with Crippen molar-refractivity contribution in [3.63, 3.8) is 0 Å². The van der Waals surface area contributed by atoms with Gasteiger partial charge in [0.05, 0.1) is 16.7 Å². The normalized spacial score (nSPS) is 11.1. The molecule has 0 aliphatic heterocycles. The van der Waals surface area contributed by atoms with E-state index in [1.165, 1.54) is 18.2 Å². The number of halogens is 1. The van der Waals surface area contributed by atoms with Gasteiger partial charge in [-0.05, 0) is 36.8 Å². The molecular formula is C14H12ClN3O2S. The summed E-state index contributed by atoms with van der Waals surface area (Å²) >= 11 is 5.91. The molecule has 0 atom stereocenters. The summed E-state index contributed by atoms with van der Waals surface area (Å²) in [4.78, 5) is 4.04. The first kappa shape index (κ1) is 15.4. The fourth-order valence-corrected chi connectivity index (χ4v) is 3.21. The molecule has 1 N–H and O–H groups in total. The van der Waals surface area contributed by atoms with Crippen LogP contribution in [-0.2, 0) is 16.6 Å². The van der Waals surface area contributed by atoms with E-state index in [9.17, 15) is 8.42 Å². The van der Waals surface area contributed by atoms with E-state index < -0.39 is 10.0 Å². The maximum absolute atomic E-state index is 12.2. The predicted octanol–water partition coefficient (Wildman–Crippen LogP) is 2.39. The first-order valence-corrected chi connectivity index (χ1v) is 7.89. The van der Waals surface area contributed by atoms with E-state index in [-0.39, 0.29) is 16.5 Å². The Hall–Kier alpha value is -1.94. The number of nitrogens with one attached hydrogen (secondary N) is 1. The fraction of sp³-hybridized carbons (Fsp3) is 0.143. The smallest absolute Gasteiger partial charge is 0.242 e. The number of pyridine rings is 1. The molecule has 7 heteroatoms. The zero-order chi connectivity index (χ0) is 15.5. The predicted molar refractivity (Wildman–Crippen MR) is 79.2 cm³/mol. The summed E-state index contributed by atoms with van der Waals surface area (Å²) in [7, 11) is -3.74. The van der Waals surface area contributed by atoms with Crippen LogP contribution in [0.1, 0.15) is 16.8 Å². The summed E-state index contributed by atoms with van der Waals surface area (Å²) in [6.07, 6.45) is 1.61. The Bertz CT molecular complexity index is 796. The maximum Gasteiger partial charge on any atom is 0.242 e. The molecule has 21 heavy (non-hydrogen) atoms. The second kappa shape index (κ2) is 6.22. The van der Waals surface area contributed by atoms with Crippen molar-refractivity contribution in [2.75, 3.05) is 0 Å². The molecule has 0 aliphatic rings. The van der Waals surface area contributed by atoms with Gasteiger partial charge in [0.2, 0.25) is 10.0 Å². The van der Waals surface area contributed by atoms with Gasteiger partial charge in [0.1, 0.15) is 4.90 Å². The van der Waals surface area contributed by atoms with Gasteiger partial charge in [0.25, 0.3) is 0 Å². The Morgan fingerprint density at radius 3 is 2.67 bits per heavy atom. The average molecular weight is 322 g/mol. The number of nitriles is 1. The van der Waals surface area contributed by atoms with Crippen molar-refractivity contribution in [2.24, 2.45) is 0 Å². The fourth-order valence-electron chi connectivity index (χ4n) is 1.65. The Balaban J connectivity index is 2.19. The molecular weight excluding hydrogens is 310 g/mol. The van der Waals surface area contributed by atoms with E-state index in [2.05, 4.69) is 9.71 Å². The van der Waals surface area contributed by atoms with Gasteiger partial charge < -0.3 is 0 Å². The Morgan fingerprint density at radius 1 is 1.33 bits per heavy atom. The van der Waals surface area contributed by atoms with E-state index >= 15 is 0 Å². The number of aromatic nitrogens is 1. The number of nitrogens with zero attached hydrogens (tertiary/aromatic N) is 2. The molecule has 2 aromatic rings. The van der Waals surface area contributed by atoms with Crippen molar-refractivity contribution >= 4 is 21.6 Å². The molecule has 0 amide bonds. The molecule has 0 fully saturated rings. The number of benzene rings is 1. The second-order valence-electron chi connectivity index (χ2n) is 4.39. The molecule has 1 heterocycles. The molecule has 0 bridgehead atoms. The first-order valence-electron chi connectivity index (χ1n) is 6.03. The van der Waals surface area contributed by atoms with Crippen LogP contribution in [0.2, 0.25) is 5.02 Å². The van der Waals surface area contributed by atoms with Crippen molar-refractivity contribution in [1.82, 2.24) is 9.71 Å². The van der Waals surface area contributed by atoms with Gasteiger partial charge in [-0.1, -0.05) is 17.7 Å². The number of sulfonamides is 1. The molecule has 108 valence electrons. The summed E-state index contributed by atoms with van der Waals surface area (Å²) < 4.78 is 26.8. The molecule has 5 nitrogen and oxygen atoms in total. The summed E-state index contributed by atoms with van der Waals surface area (Å²) in [5.41, 5.74) is 1.91. The zero-order valence-electron chi connectivity index (χ0n) is 11.2. The lowest BCUT2D eigenvalue weighted by molar-refractivity contribution is 0.581. The average Bonchev–Trinajstić information content (AvgIpc) is 2.46. The van der Waals surface area contributed by atoms with Crippen LogP contribution in [0, 0.1) is 18.3 Å². The van der Waals surface area contributed by atoms with Crippen molar-refractivity contribution in [1.29, 1.82) is 5.26 Å². The number of hydrogen-bond donors (Lipinski definition) is 1. The number of aryl methyl sites for hydroxylation is 1. The van der Waals surface area contributed by atoms with Gasteiger partial charge in [-0.25, -0.2) is 13.1 Å². The summed E-state index contributed by atoms with van der Waals surface area (Å²) in [5, 5.41) is 8.77. The van der Waals surface area contributed by atoms with Crippen LogP contribution in [-0.4, -0.2) is 13.4 Å². The van der Waals surface area contributed by atoms with E-state index in [1.54, 1.807) is 18.3 Å². The summed E-state index contributed by atoms with van der Waals surface area (Å²) in [6.45, 7) is 1.97. The third kappa shape index (κ3) is 3.79.